The van der Waals surface area contributed by atoms with Crippen molar-refractivity contribution in [1.29, 1.82) is 0 Å². The van der Waals surface area contributed by atoms with Gasteiger partial charge in [0.15, 0.2) is 0 Å². The predicted octanol–water partition coefficient (Wildman–Crippen LogP) is 10.7. The molecule has 1 heterocycles. The highest BCUT2D eigenvalue weighted by Gasteiger charge is 2.18. The number of benzene rings is 4. The third kappa shape index (κ3) is 7.41. The lowest BCUT2D eigenvalue weighted by molar-refractivity contribution is -0.116. The quantitative estimate of drug-likeness (QED) is 0.145. The number of fused-ring (bicyclic) bond motifs is 1. The molecule has 0 aliphatic heterocycles. The van der Waals surface area contributed by atoms with Crippen molar-refractivity contribution in [3.63, 3.8) is 0 Å². The fourth-order valence-electron chi connectivity index (χ4n) is 4.42. The average molecular weight is 723 g/mol. The van der Waals surface area contributed by atoms with Gasteiger partial charge in [0.1, 0.15) is 17.2 Å². The first-order valence-electron chi connectivity index (χ1n) is 13.4. The van der Waals surface area contributed by atoms with Crippen molar-refractivity contribution in [2.24, 2.45) is 16.1 Å². The van der Waals surface area contributed by atoms with Crippen molar-refractivity contribution in [3.05, 3.63) is 87.8 Å². The monoisotopic (exact) mass is 721 g/mol. The van der Waals surface area contributed by atoms with Gasteiger partial charge in [-0.3, -0.25) is 4.79 Å². The summed E-state index contributed by atoms with van der Waals surface area (Å²) < 4.78 is 13.9. The number of halogens is 2. The summed E-state index contributed by atoms with van der Waals surface area (Å²) in [5.41, 5.74) is 4.41. The van der Waals surface area contributed by atoms with E-state index in [0.717, 1.165) is 47.7 Å². The van der Waals surface area contributed by atoms with Gasteiger partial charge in [-0.1, -0.05) is 37.3 Å². The predicted molar refractivity (Wildman–Crippen MR) is 182 cm³/mol. The smallest absolute Gasteiger partial charge is 0.231 e. The van der Waals surface area contributed by atoms with E-state index in [4.69, 9.17) is 9.47 Å². The van der Waals surface area contributed by atoms with Crippen molar-refractivity contribution in [2.45, 2.75) is 20.3 Å². The SMILES string of the molecule is COc1cccc(N(c2cccc(OC)c2)c2ccc(N=Nc3nc4cc(Br)c(Br)cc4s3)c(NC(=O)CC(C)C)c2)c1. The Labute approximate surface area is 271 Å². The molecule has 1 aromatic heterocycles. The van der Waals surface area contributed by atoms with E-state index in [1.54, 1.807) is 14.2 Å². The molecule has 0 unspecified atom stereocenters. The fourth-order valence-corrected chi connectivity index (χ4v) is 6.05. The first kappa shape index (κ1) is 30.7. The summed E-state index contributed by atoms with van der Waals surface area (Å²) in [6.45, 7) is 4.02. The zero-order valence-corrected chi connectivity index (χ0v) is 28.0. The molecule has 0 saturated heterocycles. The van der Waals surface area contributed by atoms with Crippen LogP contribution in [0.25, 0.3) is 10.2 Å². The van der Waals surface area contributed by atoms with Crippen LogP contribution in [-0.4, -0.2) is 25.1 Å². The maximum absolute atomic E-state index is 13.0. The van der Waals surface area contributed by atoms with Gasteiger partial charge in [0.05, 0.1) is 30.1 Å². The highest BCUT2D eigenvalue weighted by atomic mass is 79.9. The highest BCUT2D eigenvalue weighted by molar-refractivity contribution is 9.13. The molecule has 0 aliphatic carbocycles. The largest absolute Gasteiger partial charge is 0.497 e. The standard InChI is InChI=1S/C32H29Br2N5O3S/c1-19(2)13-31(40)35-28-16-22(11-12-27(28)37-38-32-36-29-17-25(33)26(34)18-30(29)43-32)39(20-7-5-9-23(14-20)41-3)21-8-6-10-24(15-21)42-4/h5-12,14-19H,13H2,1-4H3,(H,35,40). The summed E-state index contributed by atoms with van der Waals surface area (Å²) in [6, 6.07) is 25.2. The second kappa shape index (κ2) is 13.7. The summed E-state index contributed by atoms with van der Waals surface area (Å²) in [5.74, 6) is 1.53. The van der Waals surface area contributed by atoms with Gasteiger partial charge in [-0.25, -0.2) is 4.98 Å². The summed E-state index contributed by atoms with van der Waals surface area (Å²) in [5, 5.41) is 12.5. The van der Waals surface area contributed by atoms with Gasteiger partial charge in [0.2, 0.25) is 11.0 Å². The molecule has 5 aromatic rings. The van der Waals surface area contributed by atoms with Crippen LogP contribution < -0.4 is 19.7 Å². The first-order chi connectivity index (χ1) is 20.7. The van der Waals surface area contributed by atoms with Crippen LogP contribution in [0.15, 0.2) is 98.0 Å². The Kier molecular flexibility index (Phi) is 9.74. The topological polar surface area (TPSA) is 88.4 Å². The number of thiazole rings is 1. The summed E-state index contributed by atoms with van der Waals surface area (Å²) >= 11 is 8.50. The van der Waals surface area contributed by atoms with Crippen molar-refractivity contribution in [3.8, 4) is 11.5 Å². The number of hydrogen-bond acceptors (Lipinski definition) is 8. The number of anilines is 4. The van der Waals surface area contributed by atoms with Crippen LogP contribution in [0.4, 0.5) is 33.6 Å². The molecule has 1 N–H and O–H groups in total. The van der Waals surface area contributed by atoms with Crippen LogP contribution in [0.5, 0.6) is 11.5 Å². The molecule has 4 aromatic carbocycles. The molecule has 43 heavy (non-hydrogen) atoms. The number of amides is 1. The molecule has 0 atom stereocenters. The van der Waals surface area contributed by atoms with Crippen LogP contribution >= 0.6 is 43.2 Å². The Hall–Kier alpha value is -3.80. The Morgan fingerprint density at radius 3 is 2.14 bits per heavy atom. The molecule has 1 amide bonds. The van der Waals surface area contributed by atoms with Crippen molar-refractivity contribution < 1.29 is 14.3 Å². The maximum Gasteiger partial charge on any atom is 0.231 e. The van der Waals surface area contributed by atoms with Gasteiger partial charge in [-0.15, -0.1) is 10.2 Å². The van der Waals surface area contributed by atoms with Gasteiger partial charge in [0, 0.05) is 44.6 Å². The number of carbonyl (C=O) groups is 1. The Bertz CT molecular complexity index is 1720. The first-order valence-corrected chi connectivity index (χ1v) is 15.8. The second-order valence-corrected chi connectivity index (χ2v) is 12.7. The van der Waals surface area contributed by atoms with E-state index in [-0.39, 0.29) is 11.8 Å². The van der Waals surface area contributed by atoms with E-state index in [1.807, 2.05) is 92.7 Å². The van der Waals surface area contributed by atoms with Crippen molar-refractivity contribution in [1.82, 2.24) is 4.98 Å². The number of azo groups is 1. The third-order valence-electron chi connectivity index (χ3n) is 6.39. The fraction of sp³-hybridized carbons (Fsp3) is 0.188. The van der Waals surface area contributed by atoms with E-state index in [9.17, 15) is 4.79 Å². The minimum Gasteiger partial charge on any atom is -0.497 e. The lowest BCUT2D eigenvalue weighted by Crippen LogP contribution is -2.15. The van der Waals surface area contributed by atoms with Gasteiger partial charge in [0.25, 0.3) is 0 Å². The number of hydrogen-bond donors (Lipinski definition) is 1. The summed E-state index contributed by atoms with van der Waals surface area (Å²) in [4.78, 5) is 19.6. The number of rotatable bonds is 10. The number of nitrogens with zero attached hydrogens (tertiary/aromatic N) is 4. The minimum atomic E-state index is -0.104. The molecule has 11 heteroatoms. The van der Waals surface area contributed by atoms with Crippen LogP contribution in [-0.2, 0) is 4.79 Å². The lowest BCUT2D eigenvalue weighted by Gasteiger charge is -2.27. The normalized spacial score (nSPS) is 11.3. The highest BCUT2D eigenvalue weighted by Crippen LogP contribution is 2.41. The van der Waals surface area contributed by atoms with Crippen LogP contribution in [0.3, 0.4) is 0 Å². The molecule has 0 aliphatic rings. The van der Waals surface area contributed by atoms with Gasteiger partial charge in [-0.05, 0) is 92.4 Å². The molecule has 0 spiro atoms. The average Bonchev–Trinajstić information content (AvgIpc) is 3.38. The summed E-state index contributed by atoms with van der Waals surface area (Å²) in [7, 11) is 3.28. The molecule has 8 nitrogen and oxygen atoms in total. The molecule has 0 radical (unpaired) electrons. The van der Waals surface area contributed by atoms with E-state index >= 15 is 0 Å². The molecule has 0 fully saturated rings. The van der Waals surface area contributed by atoms with E-state index in [0.29, 0.717) is 22.9 Å². The molecule has 0 saturated carbocycles. The summed E-state index contributed by atoms with van der Waals surface area (Å²) in [6.07, 6.45) is 0.373. The van der Waals surface area contributed by atoms with Gasteiger partial charge >= 0.3 is 0 Å². The molecule has 220 valence electrons. The molecule has 5 rings (SSSR count). The zero-order valence-electron chi connectivity index (χ0n) is 24.0. The molecular weight excluding hydrogens is 694 g/mol. The number of aromatic nitrogens is 1. The number of nitrogens with one attached hydrogen (secondary N) is 1. The van der Waals surface area contributed by atoms with Crippen LogP contribution in [0.1, 0.15) is 20.3 Å². The second-order valence-electron chi connectivity index (χ2n) is 10.0. The Morgan fingerprint density at radius 2 is 1.51 bits per heavy atom. The lowest BCUT2D eigenvalue weighted by atomic mass is 10.1. The Morgan fingerprint density at radius 1 is 0.884 bits per heavy atom. The molecular formula is C32H29Br2N5O3S. The third-order valence-corrected chi connectivity index (χ3v) is 9.14. The van der Waals surface area contributed by atoms with Crippen LogP contribution in [0.2, 0.25) is 0 Å². The van der Waals surface area contributed by atoms with Gasteiger partial charge < -0.3 is 19.7 Å². The van der Waals surface area contributed by atoms with Crippen molar-refractivity contribution >= 4 is 92.9 Å². The number of methoxy groups -OCH3 is 2. The van der Waals surface area contributed by atoms with Crippen molar-refractivity contribution in [2.75, 3.05) is 24.4 Å². The Balaban J connectivity index is 1.59. The van der Waals surface area contributed by atoms with E-state index in [2.05, 4.69) is 57.3 Å². The van der Waals surface area contributed by atoms with Crippen LogP contribution in [0, 0.1) is 5.92 Å². The van der Waals surface area contributed by atoms with Gasteiger partial charge in [-0.2, -0.15) is 0 Å². The minimum absolute atomic E-state index is 0.104. The van der Waals surface area contributed by atoms with E-state index in [1.165, 1.54) is 11.3 Å². The number of carbonyl (C=O) groups excluding carboxylic acids is 1. The maximum atomic E-state index is 13.0. The number of ether oxygens (including phenoxy) is 2. The van der Waals surface area contributed by atoms with E-state index < -0.39 is 0 Å². The molecule has 0 bridgehead atoms. The zero-order chi connectivity index (χ0) is 30.5.